The van der Waals surface area contributed by atoms with Crippen molar-refractivity contribution in [2.24, 2.45) is 0 Å². The van der Waals surface area contributed by atoms with Gasteiger partial charge in [-0.3, -0.25) is 19.8 Å². The van der Waals surface area contributed by atoms with Gasteiger partial charge in [-0.05, 0) is 48.6 Å². The van der Waals surface area contributed by atoms with Crippen LogP contribution in [0.15, 0.2) is 56.9 Å². The Kier molecular flexibility index (Phi) is 5.33. The van der Waals surface area contributed by atoms with Gasteiger partial charge in [0.25, 0.3) is 16.9 Å². The average molecular weight is 394 g/mol. The maximum Gasteiger partial charge on any atom is 0.288 e. The Hall–Kier alpha value is -2.72. The van der Waals surface area contributed by atoms with Crippen LogP contribution in [0.2, 0.25) is 0 Å². The molecule has 0 saturated heterocycles. The summed E-state index contributed by atoms with van der Waals surface area (Å²) < 4.78 is 24.7. The van der Waals surface area contributed by atoms with Crippen molar-refractivity contribution in [1.82, 2.24) is 10.2 Å². The van der Waals surface area contributed by atoms with E-state index in [2.05, 4.69) is 20.8 Å². The van der Waals surface area contributed by atoms with Crippen molar-refractivity contribution < 1.29 is 8.78 Å². The van der Waals surface area contributed by atoms with Gasteiger partial charge in [0.2, 0.25) is 0 Å². The van der Waals surface area contributed by atoms with Crippen molar-refractivity contribution in [3.8, 4) is 0 Å². The first-order chi connectivity index (χ1) is 12.4. The monoisotopic (exact) mass is 394 g/mol. The largest absolute Gasteiger partial charge is 0.332 e. The van der Waals surface area contributed by atoms with Crippen molar-refractivity contribution in [3.63, 3.8) is 0 Å². The van der Waals surface area contributed by atoms with Gasteiger partial charge in [0.05, 0.1) is 16.5 Å². The van der Waals surface area contributed by atoms with E-state index in [0.29, 0.717) is 28.0 Å². The van der Waals surface area contributed by atoms with E-state index in [1.165, 1.54) is 6.07 Å². The summed E-state index contributed by atoms with van der Waals surface area (Å²) in [7, 11) is 0. The molecule has 0 saturated carbocycles. The summed E-state index contributed by atoms with van der Waals surface area (Å²) in [5.74, 6) is -2.48. The van der Waals surface area contributed by atoms with Gasteiger partial charge < -0.3 is 10.6 Å². The van der Waals surface area contributed by atoms with Crippen LogP contribution in [0.3, 0.4) is 0 Å². The third-order valence-electron chi connectivity index (χ3n) is 3.41. The number of anilines is 2. The van der Waals surface area contributed by atoms with E-state index >= 15 is 0 Å². The van der Waals surface area contributed by atoms with Crippen LogP contribution in [0.4, 0.5) is 20.2 Å². The van der Waals surface area contributed by atoms with Crippen LogP contribution >= 0.6 is 24.0 Å². The van der Waals surface area contributed by atoms with Crippen LogP contribution in [0.5, 0.6) is 0 Å². The molecule has 0 radical (unpaired) electrons. The number of halogens is 2. The molecule has 6 nitrogen and oxygen atoms in total. The van der Waals surface area contributed by atoms with E-state index in [0.717, 1.165) is 0 Å². The number of thioether (sulfide) groups is 1. The normalized spacial score (nSPS) is 10.9. The highest BCUT2D eigenvalue weighted by atomic mass is 32.2. The maximum atomic E-state index is 12.3. The number of hydrogen-bond donors (Lipinski definition) is 4. The summed E-state index contributed by atoms with van der Waals surface area (Å²) in [6.45, 7) is 0. The number of rotatable bonds is 4. The molecule has 0 spiro atoms. The Bertz CT molecular complexity index is 1060. The minimum atomic E-state index is -2.48. The third kappa shape index (κ3) is 4.09. The summed E-state index contributed by atoms with van der Waals surface area (Å²) in [6, 6.07) is 11.1. The van der Waals surface area contributed by atoms with Crippen LogP contribution < -0.4 is 21.8 Å². The molecule has 0 aliphatic carbocycles. The van der Waals surface area contributed by atoms with Crippen molar-refractivity contribution in [3.05, 3.63) is 63.2 Å². The molecule has 1 heterocycles. The van der Waals surface area contributed by atoms with E-state index in [1.54, 1.807) is 36.4 Å². The lowest BCUT2D eigenvalue weighted by atomic mass is 10.1. The molecule has 0 aliphatic rings. The number of alkyl halides is 2. The molecule has 0 aliphatic heterocycles. The summed E-state index contributed by atoms with van der Waals surface area (Å²) in [5, 5.41) is 10.9. The van der Waals surface area contributed by atoms with E-state index in [4.69, 9.17) is 12.2 Å². The van der Waals surface area contributed by atoms with E-state index in [1.807, 2.05) is 0 Å². The number of fused-ring (bicyclic) bond motifs is 1. The fraction of sp³-hybridized carbons (Fsp3) is 0.0625. The lowest BCUT2D eigenvalue weighted by Crippen LogP contribution is -2.23. The standard InChI is InChI=1S/C16H12F2N4O2S2/c17-15(18)26-9-6-4-8(5-7-9)19-16(25)20-11-3-1-2-10-12(11)14(24)22-21-13(10)23/h1-7,15H,(H,21,23)(H,22,24)(H2,19,20,25). The second-order valence-corrected chi connectivity index (χ2v) is 6.59. The maximum absolute atomic E-state index is 12.3. The Labute approximate surface area is 155 Å². The minimum absolute atomic E-state index is 0.184. The molecule has 3 rings (SSSR count). The second-order valence-electron chi connectivity index (χ2n) is 5.12. The first-order valence-corrected chi connectivity index (χ1v) is 8.59. The second kappa shape index (κ2) is 7.67. The molecular weight excluding hydrogens is 382 g/mol. The summed E-state index contributed by atoms with van der Waals surface area (Å²) in [5.41, 5.74) is 0.0819. The van der Waals surface area contributed by atoms with Crippen LogP contribution in [0.1, 0.15) is 0 Å². The van der Waals surface area contributed by atoms with Gasteiger partial charge in [-0.15, -0.1) is 0 Å². The van der Waals surface area contributed by atoms with Crippen LogP contribution in [0, 0.1) is 0 Å². The number of hydrogen-bond acceptors (Lipinski definition) is 4. The highest BCUT2D eigenvalue weighted by Crippen LogP contribution is 2.26. The molecule has 0 atom stereocenters. The van der Waals surface area contributed by atoms with Gasteiger partial charge in [-0.1, -0.05) is 17.8 Å². The topological polar surface area (TPSA) is 89.8 Å². The van der Waals surface area contributed by atoms with Crippen molar-refractivity contribution >= 4 is 51.2 Å². The number of thiocarbonyl (C=S) groups is 1. The summed E-state index contributed by atoms with van der Waals surface area (Å²) in [4.78, 5) is 24.3. The van der Waals surface area contributed by atoms with Gasteiger partial charge in [0, 0.05) is 10.6 Å². The fourth-order valence-corrected chi connectivity index (χ4v) is 3.06. The van der Waals surface area contributed by atoms with Gasteiger partial charge in [0.15, 0.2) is 5.11 Å². The van der Waals surface area contributed by atoms with Gasteiger partial charge >= 0.3 is 0 Å². The lowest BCUT2D eigenvalue weighted by Gasteiger charge is -2.12. The summed E-state index contributed by atoms with van der Waals surface area (Å²) in [6.07, 6.45) is 0. The number of H-pyrrole nitrogens is 2. The first-order valence-electron chi connectivity index (χ1n) is 7.30. The number of nitrogens with one attached hydrogen (secondary N) is 4. The molecule has 26 heavy (non-hydrogen) atoms. The highest BCUT2D eigenvalue weighted by molar-refractivity contribution is 7.99. The Morgan fingerprint density at radius 2 is 1.69 bits per heavy atom. The first kappa shape index (κ1) is 18.1. The Morgan fingerprint density at radius 3 is 2.38 bits per heavy atom. The zero-order valence-corrected chi connectivity index (χ0v) is 14.6. The minimum Gasteiger partial charge on any atom is -0.332 e. The third-order valence-corrected chi connectivity index (χ3v) is 4.34. The summed E-state index contributed by atoms with van der Waals surface area (Å²) >= 11 is 5.67. The molecule has 3 aromatic rings. The quantitative estimate of drug-likeness (QED) is 0.401. The van der Waals surface area contributed by atoms with Crippen molar-refractivity contribution in [2.75, 3.05) is 10.6 Å². The molecule has 4 N–H and O–H groups in total. The molecule has 2 aromatic carbocycles. The van der Waals surface area contributed by atoms with Gasteiger partial charge in [-0.25, -0.2) is 0 Å². The zero-order valence-electron chi connectivity index (χ0n) is 13.0. The molecule has 0 bridgehead atoms. The van der Waals surface area contributed by atoms with Crippen LogP contribution in [-0.4, -0.2) is 21.1 Å². The molecule has 0 fully saturated rings. The average Bonchev–Trinajstić information content (AvgIpc) is 2.59. The predicted octanol–water partition coefficient (Wildman–Crippen LogP) is 3.34. The number of benzene rings is 2. The molecule has 10 heteroatoms. The smallest absolute Gasteiger partial charge is 0.288 e. The Morgan fingerprint density at radius 1 is 1.00 bits per heavy atom. The van der Waals surface area contributed by atoms with E-state index in [9.17, 15) is 18.4 Å². The molecule has 1 aromatic heterocycles. The SMILES string of the molecule is O=c1[nH][nH]c(=O)c2c(NC(=S)Nc3ccc(SC(F)F)cc3)cccc12. The van der Waals surface area contributed by atoms with Gasteiger partial charge in [0.1, 0.15) is 0 Å². The highest BCUT2D eigenvalue weighted by Gasteiger charge is 2.10. The zero-order chi connectivity index (χ0) is 18.7. The molecule has 134 valence electrons. The molecular formula is C16H12F2N4O2S2. The van der Waals surface area contributed by atoms with E-state index in [-0.39, 0.29) is 15.9 Å². The Balaban J connectivity index is 1.79. The molecule has 0 amide bonds. The number of aromatic amines is 2. The van der Waals surface area contributed by atoms with Crippen molar-refractivity contribution in [2.45, 2.75) is 10.7 Å². The van der Waals surface area contributed by atoms with Crippen LogP contribution in [-0.2, 0) is 0 Å². The fourth-order valence-electron chi connectivity index (χ4n) is 2.34. The lowest BCUT2D eigenvalue weighted by molar-refractivity contribution is 0.252. The van der Waals surface area contributed by atoms with E-state index < -0.39 is 16.9 Å². The molecule has 0 unspecified atom stereocenters. The van der Waals surface area contributed by atoms with Crippen molar-refractivity contribution in [1.29, 1.82) is 0 Å². The predicted molar refractivity (Wildman–Crippen MR) is 103 cm³/mol. The van der Waals surface area contributed by atoms with Crippen LogP contribution in [0.25, 0.3) is 10.8 Å². The van der Waals surface area contributed by atoms with Gasteiger partial charge in [-0.2, -0.15) is 8.78 Å². The number of aromatic nitrogens is 2.